The zero-order valence-electron chi connectivity index (χ0n) is 15.3. The smallest absolute Gasteiger partial charge is 0.133 e. The molecule has 2 aromatic carbocycles. The number of nitrogens with two attached hydrogens (primary N) is 2. The first-order valence-electron chi connectivity index (χ1n) is 8.94. The van der Waals surface area contributed by atoms with Crippen molar-refractivity contribution < 1.29 is 9.47 Å². The minimum absolute atomic E-state index is 0.0491. The van der Waals surface area contributed by atoms with Crippen LogP contribution in [0.25, 0.3) is 0 Å². The van der Waals surface area contributed by atoms with Gasteiger partial charge < -0.3 is 26.3 Å². The highest BCUT2D eigenvalue weighted by Crippen LogP contribution is 2.33. The van der Waals surface area contributed by atoms with Crippen molar-refractivity contribution in [1.82, 2.24) is 5.32 Å². The van der Waals surface area contributed by atoms with Crippen molar-refractivity contribution in [3.05, 3.63) is 42.5 Å². The first kappa shape index (κ1) is 18.9. The molecule has 0 saturated carbocycles. The molecule has 1 aliphatic heterocycles. The lowest BCUT2D eigenvalue weighted by Gasteiger charge is -2.39. The summed E-state index contributed by atoms with van der Waals surface area (Å²) in [4.78, 5) is 2.18. The van der Waals surface area contributed by atoms with E-state index in [0.29, 0.717) is 11.4 Å². The molecule has 2 aromatic rings. The molecule has 140 valence electrons. The molecular weight excluding hydrogens is 346 g/mol. The van der Waals surface area contributed by atoms with E-state index < -0.39 is 0 Å². The quantitative estimate of drug-likeness (QED) is 0.672. The fraction of sp³-hybridized carbons (Fsp3) is 0.400. The number of benzene rings is 2. The summed E-state index contributed by atoms with van der Waals surface area (Å²) in [6.07, 6.45) is 0.925. The molecule has 1 fully saturated rings. The summed E-state index contributed by atoms with van der Waals surface area (Å²) in [6, 6.07) is 13.8. The minimum atomic E-state index is -0.354. The molecule has 1 heterocycles. The van der Waals surface area contributed by atoms with E-state index in [4.69, 9.17) is 20.9 Å². The third-order valence-corrected chi connectivity index (χ3v) is 5.78. The Labute approximate surface area is 159 Å². The predicted octanol–water partition coefficient (Wildman–Crippen LogP) is 3.54. The van der Waals surface area contributed by atoms with E-state index in [1.54, 1.807) is 11.8 Å². The van der Waals surface area contributed by atoms with Gasteiger partial charge in [0.25, 0.3) is 0 Å². The Bertz CT molecular complexity index is 732. The van der Waals surface area contributed by atoms with Crippen LogP contribution < -0.4 is 21.5 Å². The second kappa shape index (κ2) is 8.20. The van der Waals surface area contributed by atoms with E-state index in [-0.39, 0.29) is 11.7 Å². The Balaban J connectivity index is 1.67. The Hall–Kier alpha value is -1.89. The highest BCUT2D eigenvalue weighted by atomic mass is 32.2. The maximum absolute atomic E-state index is 6.32. The van der Waals surface area contributed by atoms with Crippen molar-refractivity contribution in [1.29, 1.82) is 0 Å². The SMILES string of the molecule is CCC(C)(Oc1ccc(Sc2ccc(N)c(N)c2)cc1)C1CNCCO1. The van der Waals surface area contributed by atoms with E-state index in [1.807, 2.05) is 30.3 Å². The van der Waals surface area contributed by atoms with Crippen LogP contribution in [0.1, 0.15) is 20.3 Å². The first-order chi connectivity index (χ1) is 12.5. The summed E-state index contributed by atoms with van der Waals surface area (Å²) in [6.45, 7) is 6.69. The predicted molar refractivity (Wildman–Crippen MR) is 108 cm³/mol. The molecule has 2 atom stereocenters. The lowest BCUT2D eigenvalue weighted by atomic mass is 9.94. The van der Waals surface area contributed by atoms with Gasteiger partial charge >= 0.3 is 0 Å². The van der Waals surface area contributed by atoms with Crippen molar-refractivity contribution in [2.75, 3.05) is 31.2 Å². The van der Waals surface area contributed by atoms with Gasteiger partial charge in [0.15, 0.2) is 0 Å². The van der Waals surface area contributed by atoms with Crippen molar-refractivity contribution >= 4 is 23.1 Å². The van der Waals surface area contributed by atoms with Crippen LogP contribution in [0.2, 0.25) is 0 Å². The largest absolute Gasteiger partial charge is 0.485 e. The number of morpholine rings is 1. The van der Waals surface area contributed by atoms with Crippen LogP contribution in [-0.4, -0.2) is 31.4 Å². The molecule has 0 bridgehead atoms. The summed E-state index contributed by atoms with van der Waals surface area (Å²) >= 11 is 1.65. The summed E-state index contributed by atoms with van der Waals surface area (Å²) in [5.74, 6) is 0.852. The topological polar surface area (TPSA) is 82.5 Å². The lowest BCUT2D eigenvalue weighted by molar-refractivity contribution is -0.0963. The van der Waals surface area contributed by atoms with E-state index >= 15 is 0 Å². The molecule has 0 radical (unpaired) electrons. The highest BCUT2D eigenvalue weighted by Gasteiger charge is 2.36. The Morgan fingerprint density at radius 1 is 1.15 bits per heavy atom. The molecule has 6 heteroatoms. The van der Waals surface area contributed by atoms with Crippen LogP contribution in [0.5, 0.6) is 5.75 Å². The van der Waals surface area contributed by atoms with Crippen molar-refractivity contribution in [3.8, 4) is 5.75 Å². The van der Waals surface area contributed by atoms with Gasteiger partial charge in [-0.2, -0.15) is 0 Å². The van der Waals surface area contributed by atoms with Gasteiger partial charge in [0.1, 0.15) is 17.5 Å². The molecule has 5 N–H and O–H groups in total. The number of nitrogens with one attached hydrogen (secondary N) is 1. The summed E-state index contributed by atoms with van der Waals surface area (Å²) in [5, 5.41) is 3.38. The molecule has 0 amide bonds. The summed E-state index contributed by atoms with van der Waals surface area (Å²) < 4.78 is 12.2. The normalized spacial score (nSPS) is 19.7. The second-order valence-electron chi connectivity index (χ2n) is 6.70. The average molecular weight is 374 g/mol. The second-order valence-corrected chi connectivity index (χ2v) is 7.84. The van der Waals surface area contributed by atoms with Crippen molar-refractivity contribution in [2.24, 2.45) is 0 Å². The number of rotatable bonds is 6. The van der Waals surface area contributed by atoms with Crippen molar-refractivity contribution in [3.63, 3.8) is 0 Å². The van der Waals surface area contributed by atoms with E-state index in [0.717, 1.165) is 41.7 Å². The zero-order chi connectivity index (χ0) is 18.6. The van der Waals surface area contributed by atoms with Gasteiger partial charge in [-0.05, 0) is 55.8 Å². The molecule has 0 aliphatic carbocycles. The number of ether oxygens (including phenoxy) is 2. The van der Waals surface area contributed by atoms with Gasteiger partial charge in [-0.1, -0.05) is 18.7 Å². The van der Waals surface area contributed by atoms with Gasteiger partial charge in [0.05, 0.1) is 18.0 Å². The van der Waals surface area contributed by atoms with Crippen LogP contribution in [0.4, 0.5) is 11.4 Å². The standard InChI is InChI=1S/C20H27N3O2S/c1-3-20(2,19-13-23-10-11-24-19)25-14-4-6-15(7-5-14)26-16-8-9-17(21)18(22)12-16/h4-9,12,19,23H,3,10-11,13,21-22H2,1-2H3. The average Bonchev–Trinajstić information content (AvgIpc) is 2.67. The Morgan fingerprint density at radius 2 is 1.88 bits per heavy atom. The van der Waals surface area contributed by atoms with Crippen LogP contribution >= 0.6 is 11.8 Å². The summed E-state index contributed by atoms with van der Waals surface area (Å²) in [7, 11) is 0. The van der Waals surface area contributed by atoms with Crippen LogP contribution in [0.3, 0.4) is 0 Å². The maximum atomic E-state index is 6.32. The molecule has 5 nitrogen and oxygen atoms in total. The van der Waals surface area contributed by atoms with E-state index in [2.05, 4.69) is 31.3 Å². The number of hydrogen-bond acceptors (Lipinski definition) is 6. The molecule has 1 aliphatic rings. The Kier molecular flexibility index (Phi) is 5.96. The van der Waals surface area contributed by atoms with Crippen LogP contribution in [0.15, 0.2) is 52.3 Å². The van der Waals surface area contributed by atoms with Crippen molar-refractivity contribution in [2.45, 2.75) is 41.8 Å². The molecule has 0 spiro atoms. The fourth-order valence-corrected chi connectivity index (χ4v) is 3.79. The number of anilines is 2. The minimum Gasteiger partial charge on any atom is -0.485 e. The number of hydrogen-bond donors (Lipinski definition) is 3. The van der Waals surface area contributed by atoms with Gasteiger partial charge in [-0.15, -0.1) is 0 Å². The first-order valence-corrected chi connectivity index (χ1v) is 9.76. The molecule has 0 aromatic heterocycles. The van der Waals surface area contributed by atoms with Crippen LogP contribution in [-0.2, 0) is 4.74 Å². The molecular formula is C20H27N3O2S. The lowest BCUT2D eigenvalue weighted by Crippen LogP contribution is -2.54. The van der Waals surface area contributed by atoms with Gasteiger partial charge in [-0.3, -0.25) is 0 Å². The Morgan fingerprint density at radius 3 is 2.50 bits per heavy atom. The molecule has 2 unspecified atom stereocenters. The zero-order valence-corrected chi connectivity index (χ0v) is 16.1. The molecule has 1 saturated heterocycles. The third kappa shape index (κ3) is 4.44. The fourth-order valence-electron chi connectivity index (χ4n) is 2.92. The van der Waals surface area contributed by atoms with Crippen LogP contribution in [0, 0.1) is 0 Å². The highest BCUT2D eigenvalue weighted by molar-refractivity contribution is 7.99. The third-order valence-electron chi connectivity index (χ3n) is 4.78. The maximum Gasteiger partial charge on any atom is 0.133 e. The summed E-state index contributed by atoms with van der Waals surface area (Å²) in [5.41, 5.74) is 12.5. The van der Waals surface area contributed by atoms with E-state index in [9.17, 15) is 0 Å². The molecule has 3 rings (SSSR count). The number of nitrogen functional groups attached to an aromatic ring is 2. The van der Waals surface area contributed by atoms with E-state index in [1.165, 1.54) is 0 Å². The van der Waals surface area contributed by atoms with Gasteiger partial charge in [0, 0.05) is 22.9 Å². The molecule has 26 heavy (non-hydrogen) atoms. The van der Waals surface area contributed by atoms with Gasteiger partial charge in [-0.25, -0.2) is 0 Å². The van der Waals surface area contributed by atoms with Gasteiger partial charge in [0.2, 0.25) is 0 Å². The monoisotopic (exact) mass is 373 g/mol.